The molecule has 0 saturated heterocycles. The van der Waals surface area contributed by atoms with E-state index in [1.165, 1.54) is 7.11 Å². The first-order valence-corrected chi connectivity index (χ1v) is 11.8. The first-order valence-electron chi connectivity index (χ1n) is 11.8. The zero-order valence-corrected chi connectivity index (χ0v) is 20.1. The lowest BCUT2D eigenvalue weighted by atomic mass is 10.0. The molecular weight excluding hydrogens is 470 g/mol. The summed E-state index contributed by atoms with van der Waals surface area (Å²) >= 11 is 0. The van der Waals surface area contributed by atoms with Gasteiger partial charge in [0, 0.05) is 23.2 Å². The molecule has 1 aliphatic heterocycles. The maximum absolute atomic E-state index is 13.3. The average Bonchev–Trinajstić information content (AvgIpc) is 3.39. The van der Waals surface area contributed by atoms with Gasteiger partial charge in [0.2, 0.25) is 5.91 Å². The number of aromatic nitrogens is 2. The molecule has 1 aromatic heterocycles. The van der Waals surface area contributed by atoms with Crippen molar-refractivity contribution in [1.29, 1.82) is 0 Å². The minimum absolute atomic E-state index is 0.150. The van der Waals surface area contributed by atoms with Crippen molar-refractivity contribution in [2.24, 2.45) is 0 Å². The summed E-state index contributed by atoms with van der Waals surface area (Å²) in [5.74, 6) is 0.157. The number of nitrogens with one attached hydrogen (secondary N) is 4. The van der Waals surface area contributed by atoms with E-state index in [1.807, 2.05) is 42.5 Å². The first kappa shape index (κ1) is 23.8. The Kier molecular flexibility index (Phi) is 6.67. The minimum atomic E-state index is -0.615. The summed E-state index contributed by atoms with van der Waals surface area (Å²) in [7, 11) is 1.28. The number of ether oxygens (including phenoxy) is 1. The van der Waals surface area contributed by atoms with Crippen LogP contribution in [-0.2, 0) is 9.53 Å². The standard InChI is InChI=1S/C28H25N5O4/c1-37-28(36)30-18-13-14-21-23(15-18)31-25(34)12-5-4-11-22(26-29-16-24(21)32-26)33-27(35)20-10-6-8-17-7-2-3-9-19(17)20/h2-10,13-16,22H,11-12H2,1H3,(H,29,32)(H,30,36)(H,31,34)(H,33,35)/b5-4+. The summed E-state index contributed by atoms with van der Waals surface area (Å²) in [4.78, 5) is 45.4. The lowest BCUT2D eigenvalue weighted by Crippen LogP contribution is -2.29. The molecule has 3 aromatic carbocycles. The number of anilines is 2. The molecule has 37 heavy (non-hydrogen) atoms. The summed E-state index contributed by atoms with van der Waals surface area (Å²) in [6.07, 6.45) is 5.26. The number of benzene rings is 3. The lowest BCUT2D eigenvalue weighted by Gasteiger charge is -2.17. The third kappa shape index (κ3) is 5.20. The van der Waals surface area contributed by atoms with Crippen LogP contribution >= 0.6 is 0 Å². The molecule has 0 saturated carbocycles. The molecule has 2 heterocycles. The fourth-order valence-corrected chi connectivity index (χ4v) is 4.30. The molecule has 1 atom stereocenters. The fourth-order valence-electron chi connectivity index (χ4n) is 4.30. The number of methoxy groups -OCH3 is 1. The largest absolute Gasteiger partial charge is 0.453 e. The van der Waals surface area contributed by atoms with Gasteiger partial charge in [-0.2, -0.15) is 0 Å². The Hall–Kier alpha value is -4.92. The van der Waals surface area contributed by atoms with Crippen LogP contribution in [0, 0.1) is 0 Å². The van der Waals surface area contributed by atoms with Gasteiger partial charge < -0.3 is 20.4 Å². The van der Waals surface area contributed by atoms with Gasteiger partial charge in [-0.1, -0.05) is 48.6 Å². The Morgan fingerprint density at radius 3 is 2.76 bits per heavy atom. The molecule has 5 rings (SSSR count). The van der Waals surface area contributed by atoms with Crippen LogP contribution in [0.2, 0.25) is 0 Å². The van der Waals surface area contributed by atoms with Gasteiger partial charge in [0.25, 0.3) is 5.91 Å². The number of hydrogen-bond donors (Lipinski definition) is 4. The number of nitrogens with zero attached hydrogens (tertiary/aromatic N) is 1. The van der Waals surface area contributed by atoms with Crippen molar-refractivity contribution in [2.75, 3.05) is 17.7 Å². The Balaban J connectivity index is 1.48. The molecule has 3 amide bonds. The Morgan fingerprint density at radius 1 is 1.05 bits per heavy atom. The van der Waals surface area contributed by atoms with Gasteiger partial charge in [-0.15, -0.1) is 0 Å². The van der Waals surface area contributed by atoms with Gasteiger partial charge in [0.15, 0.2) is 0 Å². The van der Waals surface area contributed by atoms with E-state index in [4.69, 9.17) is 0 Å². The molecule has 0 aliphatic carbocycles. The van der Waals surface area contributed by atoms with Gasteiger partial charge in [-0.25, -0.2) is 9.78 Å². The molecule has 0 fully saturated rings. The zero-order chi connectivity index (χ0) is 25.8. The minimum Gasteiger partial charge on any atom is -0.453 e. The van der Waals surface area contributed by atoms with Gasteiger partial charge in [-0.3, -0.25) is 14.9 Å². The van der Waals surface area contributed by atoms with Crippen molar-refractivity contribution < 1.29 is 19.1 Å². The highest BCUT2D eigenvalue weighted by Crippen LogP contribution is 2.32. The van der Waals surface area contributed by atoms with Crippen LogP contribution in [0.5, 0.6) is 0 Å². The van der Waals surface area contributed by atoms with Crippen LogP contribution in [-0.4, -0.2) is 35.0 Å². The zero-order valence-electron chi connectivity index (χ0n) is 20.1. The van der Waals surface area contributed by atoms with E-state index in [2.05, 4.69) is 30.7 Å². The smallest absolute Gasteiger partial charge is 0.411 e. The second-order valence-corrected chi connectivity index (χ2v) is 8.57. The molecule has 1 unspecified atom stereocenters. The highest BCUT2D eigenvalue weighted by atomic mass is 16.5. The van der Waals surface area contributed by atoms with Gasteiger partial charge in [0.1, 0.15) is 5.82 Å². The summed E-state index contributed by atoms with van der Waals surface area (Å²) in [5, 5.41) is 10.4. The van der Waals surface area contributed by atoms with E-state index in [-0.39, 0.29) is 18.2 Å². The van der Waals surface area contributed by atoms with Crippen LogP contribution in [0.4, 0.5) is 16.2 Å². The Bertz CT molecular complexity index is 1520. The average molecular weight is 496 g/mol. The van der Waals surface area contributed by atoms with Gasteiger partial charge >= 0.3 is 6.09 Å². The van der Waals surface area contributed by atoms with Crippen molar-refractivity contribution in [3.8, 4) is 11.3 Å². The monoisotopic (exact) mass is 495 g/mol. The van der Waals surface area contributed by atoms with Gasteiger partial charge in [0.05, 0.1) is 30.7 Å². The van der Waals surface area contributed by atoms with Crippen molar-refractivity contribution in [1.82, 2.24) is 15.3 Å². The van der Waals surface area contributed by atoms with E-state index >= 15 is 0 Å². The summed E-state index contributed by atoms with van der Waals surface area (Å²) in [6, 6.07) is 18.1. The van der Waals surface area contributed by atoms with E-state index in [1.54, 1.807) is 36.5 Å². The number of carbonyl (C=O) groups excluding carboxylic acids is 3. The molecule has 0 radical (unpaired) electrons. The maximum Gasteiger partial charge on any atom is 0.411 e. The normalized spacial score (nSPS) is 15.9. The lowest BCUT2D eigenvalue weighted by molar-refractivity contribution is -0.115. The predicted octanol–water partition coefficient (Wildman–Crippen LogP) is 5.17. The second kappa shape index (κ2) is 10.4. The molecule has 2 bridgehead atoms. The summed E-state index contributed by atoms with van der Waals surface area (Å²) in [5.41, 5.74) is 2.89. The number of aromatic amines is 1. The summed E-state index contributed by atoms with van der Waals surface area (Å²) in [6.45, 7) is 0. The van der Waals surface area contributed by atoms with Crippen LogP contribution in [0.1, 0.15) is 35.1 Å². The Morgan fingerprint density at radius 2 is 1.89 bits per heavy atom. The van der Waals surface area contributed by atoms with Crippen molar-refractivity contribution in [2.45, 2.75) is 18.9 Å². The molecular formula is C28H25N5O4. The van der Waals surface area contributed by atoms with Gasteiger partial charge in [-0.05, 0) is 41.5 Å². The van der Waals surface area contributed by atoms with Crippen LogP contribution in [0.15, 0.2) is 79.0 Å². The van der Waals surface area contributed by atoms with Crippen LogP contribution in [0.25, 0.3) is 22.0 Å². The number of fused-ring (bicyclic) bond motifs is 5. The number of hydrogen-bond acceptors (Lipinski definition) is 5. The number of H-pyrrole nitrogens is 1. The molecule has 4 aromatic rings. The van der Waals surface area contributed by atoms with Crippen LogP contribution in [0.3, 0.4) is 0 Å². The summed E-state index contributed by atoms with van der Waals surface area (Å²) < 4.78 is 4.66. The highest BCUT2D eigenvalue weighted by Gasteiger charge is 2.21. The fraction of sp³-hybridized carbons (Fsp3) is 0.143. The Labute approximate surface area is 212 Å². The van der Waals surface area contributed by atoms with Crippen molar-refractivity contribution >= 4 is 40.1 Å². The molecule has 4 N–H and O–H groups in total. The van der Waals surface area contributed by atoms with E-state index in [0.717, 1.165) is 10.8 Å². The van der Waals surface area contributed by atoms with Crippen molar-refractivity contribution in [3.63, 3.8) is 0 Å². The first-order chi connectivity index (χ1) is 18.0. The second-order valence-electron chi connectivity index (χ2n) is 8.57. The van der Waals surface area contributed by atoms with Crippen molar-refractivity contribution in [3.05, 3.63) is 90.4 Å². The number of rotatable bonds is 3. The van der Waals surface area contributed by atoms with E-state index in [0.29, 0.717) is 40.4 Å². The third-order valence-electron chi connectivity index (χ3n) is 6.12. The topological polar surface area (TPSA) is 125 Å². The molecule has 1 aliphatic rings. The van der Waals surface area contributed by atoms with E-state index in [9.17, 15) is 14.4 Å². The van der Waals surface area contributed by atoms with E-state index < -0.39 is 12.1 Å². The number of imidazole rings is 1. The van der Waals surface area contributed by atoms with Crippen LogP contribution < -0.4 is 16.0 Å². The molecule has 0 spiro atoms. The highest BCUT2D eigenvalue weighted by molar-refractivity contribution is 6.07. The predicted molar refractivity (Wildman–Crippen MR) is 141 cm³/mol. The number of amides is 3. The molecule has 9 nitrogen and oxygen atoms in total. The third-order valence-corrected chi connectivity index (χ3v) is 6.12. The SMILES string of the molecule is COC(=O)Nc1ccc2c(c1)NC(=O)C/C=C/CC(NC(=O)c1cccc3ccccc13)c1ncc-2[nH]1. The number of carbonyl (C=O) groups is 3. The molecule has 9 heteroatoms. The molecule has 186 valence electrons. The maximum atomic E-state index is 13.3. The quantitative estimate of drug-likeness (QED) is 0.292.